The van der Waals surface area contributed by atoms with E-state index in [0.717, 1.165) is 32.6 Å². The Morgan fingerprint density at radius 1 is 1.53 bits per heavy atom. The third-order valence-corrected chi connectivity index (χ3v) is 3.91. The van der Waals surface area contributed by atoms with Gasteiger partial charge < -0.3 is 14.6 Å². The van der Waals surface area contributed by atoms with E-state index in [1.807, 2.05) is 6.33 Å². The van der Waals surface area contributed by atoms with E-state index < -0.39 is 0 Å². The fraction of sp³-hybridized carbons (Fsp3) is 0.769. The number of imidazole rings is 1. The van der Waals surface area contributed by atoms with Gasteiger partial charge in [0, 0.05) is 25.3 Å². The van der Waals surface area contributed by atoms with Crippen molar-refractivity contribution in [3.63, 3.8) is 0 Å². The van der Waals surface area contributed by atoms with E-state index in [9.17, 15) is 0 Å². The summed E-state index contributed by atoms with van der Waals surface area (Å²) in [5.74, 6) is 0.595. The Kier molecular flexibility index (Phi) is 2.92. The maximum absolute atomic E-state index is 5.48. The third kappa shape index (κ3) is 1.89. The molecule has 0 bridgehead atoms. The lowest BCUT2D eigenvalue weighted by atomic mass is 9.95. The molecular weight excluding hydrogens is 214 g/mol. The lowest BCUT2D eigenvalue weighted by molar-refractivity contribution is 0.186. The smallest absolute Gasteiger partial charge is 0.0955 e. The largest absolute Gasteiger partial charge is 0.379 e. The minimum atomic E-state index is 0.419. The quantitative estimate of drug-likeness (QED) is 0.848. The number of rotatable bonds is 2. The van der Waals surface area contributed by atoms with Crippen LogP contribution < -0.4 is 5.32 Å². The zero-order valence-corrected chi connectivity index (χ0v) is 10.6. The van der Waals surface area contributed by atoms with E-state index in [4.69, 9.17) is 4.74 Å². The van der Waals surface area contributed by atoms with Crippen molar-refractivity contribution in [1.82, 2.24) is 14.9 Å². The summed E-state index contributed by atoms with van der Waals surface area (Å²) in [6, 6.07) is 0.930. The lowest BCUT2D eigenvalue weighted by Crippen LogP contribution is -2.34. The van der Waals surface area contributed by atoms with E-state index >= 15 is 0 Å². The molecule has 4 nitrogen and oxygen atoms in total. The lowest BCUT2D eigenvalue weighted by Gasteiger charge is -2.28. The first-order chi connectivity index (χ1) is 8.27. The van der Waals surface area contributed by atoms with Crippen molar-refractivity contribution < 1.29 is 4.74 Å². The summed E-state index contributed by atoms with van der Waals surface area (Å²) < 4.78 is 7.84. The number of ether oxygens (including phenoxy) is 1. The Morgan fingerprint density at radius 2 is 2.41 bits per heavy atom. The first kappa shape index (κ1) is 11.2. The topological polar surface area (TPSA) is 39.1 Å². The Hall–Kier alpha value is -0.870. The molecule has 2 aliphatic heterocycles. The molecule has 1 aromatic heterocycles. The molecule has 0 radical (unpaired) electrons. The van der Waals surface area contributed by atoms with Crippen LogP contribution in [0.1, 0.15) is 43.7 Å². The minimum Gasteiger partial charge on any atom is -0.379 e. The zero-order valence-electron chi connectivity index (χ0n) is 10.6. The van der Waals surface area contributed by atoms with Crippen molar-refractivity contribution in [1.29, 1.82) is 0 Å². The molecule has 0 unspecified atom stereocenters. The highest BCUT2D eigenvalue weighted by molar-refractivity contribution is 5.22. The van der Waals surface area contributed by atoms with Gasteiger partial charge in [0.15, 0.2) is 0 Å². The van der Waals surface area contributed by atoms with Gasteiger partial charge in [-0.15, -0.1) is 0 Å². The van der Waals surface area contributed by atoms with E-state index in [-0.39, 0.29) is 0 Å². The van der Waals surface area contributed by atoms with Crippen LogP contribution in [0.3, 0.4) is 0 Å². The number of nitrogens with one attached hydrogen (secondary N) is 1. The van der Waals surface area contributed by atoms with Crippen LogP contribution in [0.15, 0.2) is 6.33 Å². The first-order valence-electron chi connectivity index (χ1n) is 6.64. The van der Waals surface area contributed by atoms with Crippen molar-refractivity contribution in [2.45, 2.75) is 38.8 Å². The maximum atomic E-state index is 5.48. The molecule has 94 valence electrons. The molecule has 2 atom stereocenters. The van der Waals surface area contributed by atoms with Gasteiger partial charge in [-0.3, -0.25) is 0 Å². The molecule has 0 aliphatic carbocycles. The summed E-state index contributed by atoms with van der Waals surface area (Å²) in [4.78, 5) is 4.65. The van der Waals surface area contributed by atoms with Gasteiger partial charge in [-0.2, -0.15) is 0 Å². The molecule has 3 rings (SSSR count). The molecule has 17 heavy (non-hydrogen) atoms. The summed E-state index contributed by atoms with van der Waals surface area (Å²) in [7, 11) is 0. The standard InChI is InChI=1S/C13H21N3O/c1-9(2)12-13-11(3-5-14-12)16(8-15-13)10-4-6-17-7-10/h8-10,12,14H,3-7H2,1-2H3/t10-,12-/m0/s1. The molecule has 0 aromatic carbocycles. The van der Waals surface area contributed by atoms with Crippen molar-refractivity contribution in [2.24, 2.45) is 5.92 Å². The third-order valence-electron chi connectivity index (χ3n) is 3.91. The van der Waals surface area contributed by atoms with Gasteiger partial charge in [0.05, 0.1) is 30.7 Å². The highest BCUT2D eigenvalue weighted by Crippen LogP contribution is 2.30. The molecule has 0 saturated carbocycles. The Balaban J connectivity index is 1.93. The van der Waals surface area contributed by atoms with Crippen molar-refractivity contribution >= 4 is 0 Å². The Labute approximate surface area is 102 Å². The van der Waals surface area contributed by atoms with Gasteiger partial charge in [-0.05, 0) is 12.3 Å². The highest BCUT2D eigenvalue weighted by Gasteiger charge is 2.29. The predicted molar refractivity (Wildman–Crippen MR) is 66.0 cm³/mol. The molecule has 4 heteroatoms. The summed E-state index contributed by atoms with van der Waals surface area (Å²) in [5.41, 5.74) is 2.69. The average Bonchev–Trinajstić information content (AvgIpc) is 2.96. The number of nitrogens with zero attached hydrogens (tertiary/aromatic N) is 2. The molecule has 0 amide bonds. The molecule has 3 heterocycles. The fourth-order valence-electron chi connectivity index (χ4n) is 2.97. The second-order valence-corrected chi connectivity index (χ2v) is 5.43. The van der Waals surface area contributed by atoms with Gasteiger partial charge >= 0.3 is 0 Å². The molecule has 2 aliphatic rings. The SMILES string of the molecule is CC(C)[C@@H]1NCCc2c1ncn2[C@H]1CCOC1. The fourth-order valence-corrected chi connectivity index (χ4v) is 2.97. The van der Waals surface area contributed by atoms with Crippen LogP contribution in [-0.2, 0) is 11.2 Å². The number of hydrogen-bond donors (Lipinski definition) is 1. The molecule has 0 spiro atoms. The zero-order chi connectivity index (χ0) is 11.8. The minimum absolute atomic E-state index is 0.419. The van der Waals surface area contributed by atoms with Crippen molar-refractivity contribution in [3.05, 3.63) is 17.7 Å². The second kappa shape index (κ2) is 4.42. The summed E-state index contributed by atoms with van der Waals surface area (Å²) in [5, 5.41) is 3.57. The number of aromatic nitrogens is 2. The van der Waals surface area contributed by atoms with Crippen molar-refractivity contribution in [2.75, 3.05) is 19.8 Å². The summed E-state index contributed by atoms with van der Waals surface area (Å²) in [6.45, 7) is 7.32. The molecule has 1 aromatic rings. The highest BCUT2D eigenvalue weighted by atomic mass is 16.5. The van der Waals surface area contributed by atoms with Gasteiger partial charge in [-0.25, -0.2) is 4.98 Å². The maximum Gasteiger partial charge on any atom is 0.0955 e. The molecule has 1 N–H and O–H groups in total. The van der Waals surface area contributed by atoms with Crippen LogP contribution in [0, 0.1) is 5.92 Å². The Bertz CT molecular complexity index is 380. The van der Waals surface area contributed by atoms with Crippen LogP contribution in [0.5, 0.6) is 0 Å². The van der Waals surface area contributed by atoms with Crippen LogP contribution in [0.4, 0.5) is 0 Å². The van der Waals surface area contributed by atoms with Gasteiger partial charge in [0.25, 0.3) is 0 Å². The molecule has 1 fully saturated rings. The summed E-state index contributed by atoms with van der Waals surface area (Å²) >= 11 is 0. The van der Waals surface area contributed by atoms with E-state index in [2.05, 4.69) is 28.7 Å². The van der Waals surface area contributed by atoms with Crippen LogP contribution in [-0.4, -0.2) is 29.3 Å². The van der Waals surface area contributed by atoms with Crippen LogP contribution >= 0.6 is 0 Å². The van der Waals surface area contributed by atoms with Crippen molar-refractivity contribution in [3.8, 4) is 0 Å². The van der Waals surface area contributed by atoms with E-state index in [1.54, 1.807) is 0 Å². The average molecular weight is 235 g/mol. The monoisotopic (exact) mass is 235 g/mol. The normalized spacial score (nSPS) is 28.6. The molecule has 1 saturated heterocycles. The van der Waals surface area contributed by atoms with Crippen LogP contribution in [0.25, 0.3) is 0 Å². The van der Waals surface area contributed by atoms with E-state index in [0.29, 0.717) is 18.0 Å². The number of fused-ring (bicyclic) bond motifs is 1. The predicted octanol–water partition coefficient (Wildman–Crippen LogP) is 1.69. The number of hydrogen-bond acceptors (Lipinski definition) is 3. The second-order valence-electron chi connectivity index (χ2n) is 5.43. The molecular formula is C13H21N3O. The van der Waals surface area contributed by atoms with Gasteiger partial charge in [0.1, 0.15) is 0 Å². The van der Waals surface area contributed by atoms with Gasteiger partial charge in [0.2, 0.25) is 0 Å². The van der Waals surface area contributed by atoms with Crippen LogP contribution in [0.2, 0.25) is 0 Å². The van der Waals surface area contributed by atoms with E-state index in [1.165, 1.54) is 11.4 Å². The van der Waals surface area contributed by atoms with Gasteiger partial charge in [-0.1, -0.05) is 13.8 Å². The first-order valence-corrected chi connectivity index (χ1v) is 6.64. The summed E-state index contributed by atoms with van der Waals surface area (Å²) in [6.07, 6.45) is 4.24. The Morgan fingerprint density at radius 3 is 3.12 bits per heavy atom.